The zero-order valence-corrected chi connectivity index (χ0v) is 11.7. The molecule has 1 rings (SSSR count). The van der Waals surface area contributed by atoms with E-state index in [-0.39, 0.29) is 18.2 Å². The predicted molar refractivity (Wildman–Crippen MR) is 72.9 cm³/mol. The summed E-state index contributed by atoms with van der Waals surface area (Å²) >= 11 is 0. The van der Waals surface area contributed by atoms with Crippen LogP contribution in [0.25, 0.3) is 0 Å². The molecule has 0 amide bonds. The molecule has 0 radical (unpaired) electrons. The summed E-state index contributed by atoms with van der Waals surface area (Å²) in [5.74, 6) is -0.0320. The predicted octanol–water partition coefficient (Wildman–Crippen LogP) is 1.48. The summed E-state index contributed by atoms with van der Waals surface area (Å²) in [7, 11) is -3.34. The molecule has 1 aromatic rings. The first kappa shape index (κ1) is 15.1. The first-order valence-corrected chi connectivity index (χ1v) is 7.80. The Labute approximate surface area is 109 Å². The molecule has 4 nitrogen and oxygen atoms in total. The van der Waals surface area contributed by atoms with Gasteiger partial charge in [-0.2, -0.15) is 0 Å². The van der Waals surface area contributed by atoms with E-state index >= 15 is 0 Å². The molecule has 0 bridgehead atoms. The third-order valence-corrected chi connectivity index (χ3v) is 4.39. The van der Waals surface area contributed by atoms with Gasteiger partial charge in [-0.1, -0.05) is 44.2 Å². The first-order chi connectivity index (χ1) is 8.44. The SMILES string of the molecule is CCC(O)CNS(=O)(=O)CC(C)c1ccccc1. The third kappa shape index (κ3) is 5.16. The zero-order valence-electron chi connectivity index (χ0n) is 10.8. The Morgan fingerprint density at radius 2 is 1.89 bits per heavy atom. The number of rotatable bonds is 7. The van der Waals surface area contributed by atoms with Crippen LogP contribution in [0.1, 0.15) is 31.7 Å². The summed E-state index contributed by atoms with van der Waals surface area (Å²) in [5.41, 5.74) is 0.999. The van der Waals surface area contributed by atoms with Crippen LogP contribution >= 0.6 is 0 Å². The number of aliphatic hydroxyl groups is 1. The van der Waals surface area contributed by atoms with Gasteiger partial charge in [0, 0.05) is 6.54 Å². The molecule has 2 N–H and O–H groups in total. The van der Waals surface area contributed by atoms with Gasteiger partial charge in [-0.05, 0) is 17.9 Å². The molecule has 0 aliphatic heterocycles. The second-order valence-corrected chi connectivity index (χ2v) is 6.36. The fraction of sp³-hybridized carbons (Fsp3) is 0.538. The lowest BCUT2D eigenvalue weighted by atomic mass is 10.0. The van der Waals surface area contributed by atoms with Crippen LogP contribution in [0, 0.1) is 0 Å². The van der Waals surface area contributed by atoms with Gasteiger partial charge in [0.05, 0.1) is 11.9 Å². The van der Waals surface area contributed by atoms with Gasteiger partial charge in [0.15, 0.2) is 0 Å². The minimum absolute atomic E-state index is 0.0352. The molecule has 0 spiro atoms. The van der Waals surface area contributed by atoms with Crippen molar-refractivity contribution in [3.63, 3.8) is 0 Å². The lowest BCUT2D eigenvalue weighted by Crippen LogP contribution is -2.34. The molecule has 0 aliphatic carbocycles. The van der Waals surface area contributed by atoms with Crippen molar-refractivity contribution in [2.45, 2.75) is 32.3 Å². The Bertz CT molecular complexity index is 445. The van der Waals surface area contributed by atoms with Gasteiger partial charge < -0.3 is 5.11 Å². The van der Waals surface area contributed by atoms with Crippen LogP contribution < -0.4 is 4.72 Å². The van der Waals surface area contributed by atoms with Gasteiger partial charge in [-0.3, -0.25) is 0 Å². The molecule has 5 heteroatoms. The largest absolute Gasteiger partial charge is 0.392 e. The summed E-state index contributed by atoms with van der Waals surface area (Å²) in [6, 6.07) is 9.53. The van der Waals surface area contributed by atoms with Gasteiger partial charge >= 0.3 is 0 Å². The fourth-order valence-electron chi connectivity index (χ4n) is 1.63. The second kappa shape index (κ2) is 6.87. The van der Waals surface area contributed by atoms with Crippen molar-refractivity contribution in [2.24, 2.45) is 0 Å². The highest BCUT2D eigenvalue weighted by Crippen LogP contribution is 2.16. The number of sulfonamides is 1. The number of benzene rings is 1. The van der Waals surface area contributed by atoms with Crippen molar-refractivity contribution < 1.29 is 13.5 Å². The molecule has 0 fully saturated rings. The van der Waals surface area contributed by atoms with Crippen molar-refractivity contribution in [3.05, 3.63) is 35.9 Å². The standard InChI is InChI=1S/C13H21NO3S/c1-3-13(15)9-14-18(16,17)10-11(2)12-7-5-4-6-8-12/h4-8,11,13-15H,3,9-10H2,1-2H3. The van der Waals surface area contributed by atoms with Gasteiger partial charge in [0.1, 0.15) is 0 Å². The van der Waals surface area contributed by atoms with E-state index in [0.29, 0.717) is 6.42 Å². The van der Waals surface area contributed by atoms with Crippen LogP contribution in [-0.2, 0) is 10.0 Å². The average molecular weight is 271 g/mol. The van der Waals surface area contributed by atoms with Crippen LogP contribution in [0.4, 0.5) is 0 Å². The van der Waals surface area contributed by atoms with Gasteiger partial charge in [0.25, 0.3) is 0 Å². The number of hydrogen-bond donors (Lipinski definition) is 2. The zero-order chi connectivity index (χ0) is 13.6. The lowest BCUT2D eigenvalue weighted by molar-refractivity contribution is 0.174. The highest BCUT2D eigenvalue weighted by Gasteiger charge is 2.17. The highest BCUT2D eigenvalue weighted by atomic mass is 32.2. The van der Waals surface area contributed by atoms with Crippen LogP contribution in [0.15, 0.2) is 30.3 Å². The maximum absolute atomic E-state index is 11.8. The minimum Gasteiger partial charge on any atom is -0.392 e. The van der Waals surface area contributed by atoms with Crippen LogP contribution in [0.2, 0.25) is 0 Å². The van der Waals surface area contributed by atoms with Crippen molar-refractivity contribution in [1.82, 2.24) is 4.72 Å². The first-order valence-electron chi connectivity index (χ1n) is 6.15. The van der Waals surface area contributed by atoms with E-state index in [1.54, 1.807) is 0 Å². The van der Waals surface area contributed by atoms with E-state index < -0.39 is 16.1 Å². The van der Waals surface area contributed by atoms with Crippen LogP contribution in [-0.4, -0.2) is 31.9 Å². The van der Waals surface area contributed by atoms with E-state index in [4.69, 9.17) is 0 Å². The highest BCUT2D eigenvalue weighted by molar-refractivity contribution is 7.89. The normalized spacial score (nSPS) is 15.3. The summed E-state index contributed by atoms with van der Waals surface area (Å²) in [4.78, 5) is 0. The molecule has 0 heterocycles. The summed E-state index contributed by atoms with van der Waals surface area (Å²) in [6.45, 7) is 3.77. The fourth-order valence-corrected chi connectivity index (χ4v) is 3.05. The van der Waals surface area contributed by atoms with E-state index in [0.717, 1.165) is 5.56 Å². The Hall–Kier alpha value is -0.910. The maximum atomic E-state index is 11.8. The van der Waals surface area contributed by atoms with E-state index in [9.17, 15) is 13.5 Å². The number of hydrogen-bond acceptors (Lipinski definition) is 3. The van der Waals surface area contributed by atoms with Crippen LogP contribution in [0.3, 0.4) is 0 Å². The van der Waals surface area contributed by atoms with Crippen molar-refractivity contribution >= 4 is 10.0 Å². The third-order valence-electron chi connectivity index (χ3n) is 2.85. The van der Waals surface area contributed by atoms with Crippen molar-refractivity contribution in [3.8, 4) is 0 Å². The lowest BCUT2D eigenvalue weighted by Gasteiger charge is -2.14. The molecular weight excluding hydrogens is 250 g/mol. The van der Waals surface area contributed by atoms with Gasteiger partial charge in [0.2, 0.25) is 10.0 Å². The van der Waals surface area contributed by atoms with Crippen molar-refractivity contribution in [2.75, 3.05) is 12.3 Å². The molecule has 0 saturated carbocycles. The Balaban J connectivity index is 2.55. The summed E-state index contributed by atoms with van der Waals surface area (Å²) < 4.78 is 26.1. The molecule has 102 valence electrons. The molecule has 0 saturated heterocycles. The van der Waals surface area contributed by atoms with E-state index in [2.05, 4.69) is 4.72 Å². The smallest absolute Gasteiger partial charge is 0.212 e. The molecule has 0 aliphatic rings. The number of aliphatic hydroxyl groups excluding tert-OH is 1. The molecule has 18 heavy (non-hydrogen) atoms. The Morgan fingerprint density at radius 3 is 2.44 bits per heavy atom. The molecule has 1 aromatic carbocycles. The summed E-state index contributed by atoms with van der Waals surface area (Å²) in [6.07, 6.45) is -0.0802. The quantitative estimate of drug-likeness (QED) is 0.789. The molecular formula is C13H21NO3S. The maximum Gasteiger partial charge on any atom is 0.212 e. The molecule has 2 atom stereocenters. The summed E-state index contributed by atoms with van der Waals surface area (Å²) in [5, 5.41) is 9.35. The second-order valence-electron chi connectivity index (χ2n) is 4.50. The minimum atomic E-state index is -3.34. The Kier molecular flexibility index (Phi) is 5.78. The van der Waals surface area contributed by atoms with E-state index in [1.165, 1.54) is 0 Å². The average Bonchev–Trinajstić information content (AvgIpc) is 2.36. The van der Waals surface area contributed by atoms with Gasteiger partial charge in [-0.25, -0.2) is 13.1 Å². The van der Waals surface area contributed by atoms with E-state index in [1.807, 2.05) is 44.2 Å². The molecule has 2 unspecified atom stereocenters. The Morgan fingerprint density at radius 1 is 1.28 bits per heavy atom. The topological polar surface area (TPSA) is 66.4 Å². The van der Waals surface area contributed by atoms with Gasteiger partial charge in [-0.15, -0.1) is 0 Å². The monoisotopic (exact) mass is 271 g/mol. The van der Waals surface area contributed by atoms with Crippen molar-refractivity contribution in [1.29, 1.82) is 0 Å². The van der Waals surface area contributed by atoms with Crippen LogP contribution in [0.5, 0.6) is 0 Å². The molecule has 0 aromatic heterocycles. The number of nitrogens with one attached hydrogen (secondary N) is 1.